The third-order valence-corrected chi connectivity index (χ3v) is 4.30. The largest absolute Gasteiger partial charge is 0.379 e. The first kappa shape index (κ1) is 12.3. The van der Waals surface area contributed by atoms with E-state index in [0.717, 1.165) is 16.6 Å². The van der Waals surface area contributed by atoms with Gasteiger partial charge in [-0.05, 0) is 25.8 Å². The average molecular weight is 256 g/mol. The van der Waals surface area contributed by atoms with Gasteiger partial charge in [0.1, 0.15) is 0 Å². The summed E-state index contributed by atoms with van der Waals surface area (Å²) in [4.78, 5) is 12.1. The molecule has 0 radical (unpaired) electrons. The minimum atomic E-state index is 0.0443. The highest BCUT2D eigenvalue weighted by atomic mass is 16.1. The molecule has 19 heavy (non-hydrogen) atoms. The molecule has 2 aromatic rings. The number of para-hydroxylation sites is 1. The van der Waals surface area contributed by atoms with Crippen molar-refractivity contribution in [3.8, 4) is 0 Å². The summed E-state index contributed by atoms with van der Waals surface area (Å²) < 4.78 is 1.71. The van der Waals surface area contributed by atoms with E-state index in [9.17, 15) is 4.79 Å². The van der Waals surface area contributed by atoms with Gasteiger partial charge in [-0.1, -0.05) is 31.0 Å². The smallest absolute Gasteiger partial charge is 0.252 e. The van der Waals surface area contributed by atoms with E-state index in [1.165, 1.54) is 25.7 Å². The zero-order valence-electron chi connectivity index (χ0n) is 11.6. The molecule has 1 aromatic carbocycles. The van der Waals surface area contributed by atoms with Crippen LogP contribution in [0.15, 0.2) is 35.1 Å². The van der Waals surface area contributed by atoms with E-state index < -0.39 is 0 Å². The first-order chi connectivity index (χ1) is 9.09. The predicted molar refractivity (Wildman–Crippen MR) is 79.7 cm³/mol. The van der Waals surface area contributed by atoms with Gasteiger partial charge in [0.2, 0.25) is 0 Å². The van der Waals surface area contributed by atoms with Gasteiger partial charge in [-0.25, -0.2) is 0 Å². The Morgan fingerprint density at radius 2 is 1.89 bits per heavy atom. The molecule has 0 saturated heterocycles. The number of anilines is 1. The van der Waals surface area contributed by atoms with Crippen molar-refractivity contribution >= 4 is 16.6 Å². The number of hydrogen-bond acceptors (Lipinski definition) is 2. The van der Waals surface area contributed by atoms with E-state index in [2.05, 4.69) is 18.3 Å². The Balaban J connectivity index is 2.13. The molecule has 0 spiro atoms. The van der Waals surface area contributed by atoms with Crippen molar-refractivity contribution in [2.75, 3.05) is 5.32 Å². The summed E-state index contributed by atoms with van der Waals surface area (Å²) in [6, 6.07) is 9.80. The molecule has 0 bridgehead atoms. The molecule has 0 amide bonds. The molecular weight excluding hydrogens is 236 g/mol. The summed E-state index contributed by atoms with van der Waals surface area (Å²) >= 11 is 0. The van der Waals surface area contributed by atoms with Crippen LogP contribution >= 0.6 is 0 Å². The molecule has 1 fully saturated rings. The Morgan fingerprint density at radius 3 is 2.63 bits per heavy atom. The van der Waals surface area contributed by atoms with Crippen LogP contribution in [-0.2, 0) is 7.05 Å². The minimum Gasteiger partial charge on any atom is -0.379 e. The summed E-state index contributed by atoms with van der Waals surface area (Å²) in [7, 11) is 1.83. The molecule has 0 atom stereocenters. The molecule has 3 rings (SSSR count). The lowest BCUT2D eigenvalue weighted by Gasteiger charge is -2.27. The van der Waals surface area contributed by atoms with Gasteiger partial charge in [-0.15, -0.1) is 0 Å². The van der Waals surface area contributed by atoms with Crippen LogP contribution < -0.4 is 10.9 Å². The fraction of sp³-hybridized carbons (Fsp3) is 0.438. The van der Waals surface area contributed by atoms with Crippen molar-refractivity contribution in [1.29, 1.82) is 0 Å². The van der Waals surface area contributed by atoms with Crippen LogP contribution in [0.1, 0.15) is 32.6 Å². The van der Waals surface area contributed by atoms with Crippen LogP contribution in [0.25, 0.3) is 10.9 Å². The molecule has 1 aliphatic carbocycles. The van der Waals surface area contributed by atoms with Crippen LogP contribution in [0, 0.1) is 0 Å². The maximum Gasteiger partial charge on any atom is 0.252 e. The monoisotopic (exact) mass is 256 g/mol. The zero-order chi connectivity index (χ0) is 13.5. The highest BCUT2D eigenvalue weighted by Gasteiger charge is 2.28. The maximum atomic E-state index is 12.1. The number of pyridine rings is 1. The highest BCUT2D eigenvalue weighted by molar-refractivity contribution is 5.91. The molecule has 0 aliphatic heterocycles. The summed E-state index contributed by atoms with van der Waals surface area (Å²) in [6.45, 7) is 2.26. The molecule has 1 aliphatic rings. The van der Waals surface area contributed by atoms with E-state index in [1.54, 1.807) is 10.6 Å². The van der Waals surface area contributed by atoms with Crippen LogP contribution in [0.4, 0.5) is 5.69 Å². The molecule has 3 heteroatoms. The van der Waals surface area contributed by atoms with Gasteiger partial charge in [-0.3, -0.25) is 4.79 Å². The number of nitrogens with one attached hydrogen (secondary N) is 1. The summed E-state index contributed by atoms with van der Waals surface area (Å²) in [5.74, 6) is 0. The van der Waals surface area contributed by atoms with Crippen LogP contribution in [0.3, 0.4) is 0 Å². The van der Waals surface area contributed by atoms with Gasteiger partial charge in [0.05, 0.1) is 5.52 Å². The molecule has 3 nitrogen and oxygen atoms in total. The predicted octanol–water partition coefficient (Wildman–Crippen LogP) is 3.28. The molecule has 1 heterocycles. The number of aromatic nitrogens is 1. The molecule has 100 valence electrons. The van der Waals surface area contributed by atoms with Gasteiger partial charge >= 0.3 is 0 Å². The number of fused-ring (bicyclic) bond motifs is 1. The Bertz CT molecular complexity index is 666. The van der Waals surface area contributed by atoms with E-state index in [4.69, 9.17) is 0 Å². The Hall–Kier alpha value is -1.77. The van der Waals surface area contributed by atoms with Crippen LogP contribution in [0.5, 0.6) is 0 Å². The van der Waals surface area contributed by atoms with Gasteiger partial charge in [-0.2, -0.15) is 0 Å². The van der Waals surface area contributed by atoms with E-state index >= 15 is 0 Å². The highest BCUT2D eigenvalue weighted by Crippen LogP contribution is 2.34. The van der Waals surface area contributed by atoms with E-state index in [0.29, 0.717) is 0 Å². The lowest BCUT2D eigenvalue weighted by molar-refractivity contribution is 0.534. The third kappa shape index (κ3) is 2.14. The van der Waals surface area contributed by atoms with E-state index in [-0.39, 0.29) is 11.1 Å². The molecule has 1 aromatic heterocycles. The second kappa shape index (κ2) is 4.41. The molecule has 1 N–H and O–H groups in total. The first-order valence-electron chi connectivity index (χ1n) is 6.96. The van der Waals surface area contributed by atoms with Gasteiger partial charge in [0.15, 0.2) is 0 Å². The van der Waals surface area contributed by atoms with Crippen molar-refractivity contribution in [1.82, 2.24) is 4.57 Å². The van der Waals surface area contributed by atoms with Gasteiger partial charge in [0, 0.05) is 29.7 Å². The summed E-state index contributed by atoms with van der Waals surface area (Å²) in [5.41, 5.74) is 2.14. The number of aryl methyl sites for hydroxylation is 1. The number of benzene rings is 1. The average Bonchev–Trinajstić information content (AvgIpc) is 2.82. The minimum absolute atomic E-state index is 0.0443. The van der Waals surface area contributed by atoms with Gasteiger partial charge < -0.3 is 9.88 Å². The second-order valence-corrected chi connectivity index (χ2v) is 5.87. The number of hydrogen-bond donors (Lipinski definition) is 1. The van der Waals surface area contributed by atoms with Crippen LogP contribution in [0.2, 0.25) is 0 Å². The third-order valence-electron chi connectivity index (χ3n) is 4.30. The summed E-state index contributed by atoms with van der Waals surface area (Å²) in [6.07, 6.45) is 4.89. The number of rotatable bonds is 2. The first-order valence-corrected chi connectivity index (χ1v) is 6.96. The fourth-order valence-electron chi connectivity index (χ4n) is 3.12. The Morgan fingerprint density at radius 1 is 1.21 bits per heavy atom. The topological polar surface area (TPSA) is 34.0 Å². The second-order valence-electron chi connectivity index (χ2n) is 5.87. The zero-order valence-corrected chi connectivity index (χ0v) is 11.6. The summed E-state index contributed by atoms with van der Waals surface area (Å²) in [5, 5.41) is 4.74. The Kier molecular flexibility index (Phi) is 2.85. The maximum absolute atomic E-state index is 12.1. The molecule has 0 unspecified atom stereocenters. The fourth-order valence-corrected chi connectivity index (χ4v) is 3.12. The van der Waals surface area contributed by atoms with Crippen molar-refractivity contribution < 1.29 is 0 Å². The van der Waals surface area contributed by atoms with Crippen molar-refractivity contribution in [2.45, 2.75) is 38.1 Å². The molecule has 1 saturated carbocycles. The lowest BCUT2D eigenvalue weighted by Crippen LogP contribution is -2.32. The molecular formula is C16H20N2O. The SMILES string of the molecule is Cn1c(=O)cc(NC2(C)CCCC2)c2ccccc21. The van der Waals surface area contributed by atoms with E-state index in [1.807, 2.05) is 25.2 Å². The van der Waals surface area contributed by atoms with Crippen molar-refractivity contribution in [3.63, 3.8) is 0 Å². The normalized spacial score (nSPS) is 17.8. The van der Waals surface area contributed by atoms with Crippen LogP contribution in [-0.4, -0.2) is 10.1 Å². The quantitative estimate of drug-likeness (QED) is 0.894. The van der Waals surface area contributed by atoms with Gasteiger partial charge in [0.25, 0.3) is 5.56 Å². The number of nitrogens with zero attached hydrogens (tertiary/aromatic N) is 1. The lowest BCUT2D eigenvalue weighted by atomic mass is 9.99. The Labute approximate surface area is 113 Å². The van der Waals surface area contributed by atoms with Crippen molar-refractivity contribution in [3.05, 3.63) is 40.7 Å². The van der Waals surface area contributed by atoms with Crippen molar-refractivity contribution in [2.24, 2.45) is 7.05 Å². The standard InChI is InChI=1S/C16H20N2O/c1-16(9-5-6-10-16)17-13-11-15(19)18(2)14-8-4-3-7-12(13)14/h3-4,7-8,11,17H,5-6,9-10H2,1-2H3.